The van der Waals surface area contributed by atoms with Crippen molar-refractivity contribution in [2.24, 2.45) is 5.92 Å². The molecule has 1 saturated heterocycles. The Bertz CT molecular complexity index is 922. The average Bonchev–Trinajstić information content (AvgIpc) is 3.37. The molecular formula is C22H29N3O4S. The van der Waals surface area contributed by atoms with Crippen LogP contribution in [0.2, 0.25) is 0 Å². The predicted octanol–water partition coefficient (Wildman–Crippen LogP) is 3.56. The number of esters is 1. The number of methoxy groups -OCH3 is 1. The van der Waals surface area contributed by atoms with Gasteiger partial charge in [0, 0.05) is 23.9 Å². The maximum atomic E-state index is 12.8. The van der Waals surface area contributed by atoms with Crippen LogP contribution >= 0.6 is 11.3 Å². The third-order valence-corrected chi connectivity index (χ3v) is 7.36. The summed E-state index contributed by atoms with van der Waals surface area (Å²) in [5.74, 6) is -0.484. The van der Waals surface area contributed by atoms with Crippen molar-refractivity contribution in [1.29, 1.82) is 0 Å². The Balaban J connectivity index is 1.61. The van der Waals surface area contributed by atoms with Crippen LogP contribution in [0.15, 0.2) is 12.1 Å². The summed E-state index contributed by atoms with van der Waals surface area (Å²) < 4.78 is 4.96. The molecule has 0 unspecified atom stereocenters. The van der Waals surface area contributed by atoms with Gasteiger partial charge in [-0.05, 0) is 44.4 Å². The molecule has 1 aliphatic carbocycles. The topological polar surface area (TPSA) is 91.8 Å². The highest BCUT2D eigenvalue weighted by Gasteiger charge is 2.27. The number of ether oxygens (including phenoxy) is 1. The number of anilines is 1. The van der Waals surface area contributed by atoms with Crippen LogP contribution in [0, 0.1) is 5.92 Å². The third kappa shape index (κ3) is 4.36. The lowest BCUT2D eigenvalue weighted by molar-refractivity contribution is -0.120. The van der Waals surface area contributed by atoms with Crippen molar-refractivity contribution < 1.29 is 19.4 Å². The van der Waals surface area contributed by atoms with Crippen LogP contribution in [0.4, 0.5) is 5.69 Å². The molecule has 2 N–H and O–H groups in total. The van der Waals surface area contributed by atoms with E-state index in [0.717, 1.165) is 56.1 Å². The molecule has 1 amide bonds. The van der Waals surface area contributed by atoms with Crippen molar-refractivity contribution in [3.8, 4) is 0 Å². The van der Waals surface area contributed by atoms with Crippen LogP contribution in [-0.4, -0.2) is 53.2 Å². The summed E-state index contributed by atoms with van der Waals surface area (Å²) in [6.45, 7) is 1.77. The first-order valence-electron chi connectivity index (χ1n) is 10.8. The molecule has 0 aromatic carbocycles. The van der Waals surface area contributed by atoms with E-state index < -0.39 is 5.97 Å². The van der Waals surface area contributed by atoms with Gasteiger partial charge in [0.25, 0.3) is 0 Å². The summed E-state index contributed by atoms with van der Waals surface area (Å²) in [5, 5.41) is 13.3. The summed E-state index contributed by atoms with van der Waals surface area (Å²) in [5.41, 5.74) is 1.41. The van der Waals surface area contributed by atoms with Crippen molar-refractivity contribution in [2.75, 3.05) is 25.6 Å². The minimum absolute atomic E-state index is 0.00277. The van der Waals surface area contributed by atoms with Gasteiger partial charge in [-0.3, -0.25) is 9.69 Å². The molecule has 162 valence electrons. The highest BCUT2D eigenvalue weighted by Crippen LogP contribution is 2.37. The van der Waals surface area contributed by atoms with Gasteiger partial charge < -0.3 is 15.2 Å². The fourth-order valence-electron chi connectivity index (χ4n) is 4.57. The third-order valence-electron chi connectivity index (χ3n) is 6.28. The van der Waals surface area contributed by atoms with E-state index in [9.17, 15) is 14.7 Å². The molecule has 30 heavy (non-hydrogen) atoms. The highest BCUT2D eigenvalue weighted by molar-refractivity contribution is 7.21. The monoisotopic (exact) mass is 431 g/mol. The summed E-state index contributed by atoms with van der Waals surface area (Å²) in [4.78, 5) is 33.3. The van der Waals surface area contributed by atoms with Crippen molar-refractivity contribution in [1.82, 2.24) is 9.88 Å². The Kier molecular flexibility index (Phi) is 6.65. The van der Waals surface area contributed by atoms with Crippen molar-refractivity contribution in [3.63, 3.8) is 0 Å². The molecule has 2 aromatic heterocycles. The number of amides is 1. The van der Waals surface area contributed by atoms with Gasteiger partial charge in [-0.2, -0.15) is 0 Å². The summed E-state index contributed by atoms with van der Waals surface area (Å²) in [6, 6.07) is 4.06. The van der Waals surface area contributed by atoms with Gasteiger partial charge in [-0.15, -0.1) is 11.3 Å². The molecule has 2 fully saturated rings. The van der Waals surface area contributed by atoms with E-state index in [1.807, 2.05) is 12.1 Å². The molecule has 0 radical (unpaired) electrons. The fourth-order valence-corrected chi connectivity index (χ4v) is 5.64. The Morgan fingerprint density at radius 1 is 1.23 bits per heavy atom. The van der Waals surface area contributed by atoms with Crippen molar-refractivity contribution in [3.05, 3.63) is 22.7 Å². The smallest absolute Gasteiger partial charge is 0.350 e. The van der Waals surface area contributed by atoms with Crippen LogP contribution < -0.4 is 5.32 Å². The molecule has 2 aromatic rings. The molecule has 3 heterocycles. The second-order valence-electron chi connectivity index (χ2n) is 8.23. The van der Waals surface area contributed by atoms with Gasteiger partial charge in [-0.1, -0.05) is 19.3 Å². The van der Waals surface area contributed by atoms with E-state index in [2.05, 4.69) is 10.2 Å². The second kappa shape index (κ2) is 9.41. The minimum Gasteiger partial charge on any atom is -0.465 e. The van der Waals surface area contributed by atoms with E-state index in [1.165, 1.54) is 24.9 Å². The zero-order chi connectivity index (χ0) is 21.1. The lowest BCUT2D eigenvalue weighted by atomic mass is 9.88. The number of likely N-dealkylation sites (tertiary alicyclic amines) is 1. The summed E-state index contributed by atoms with van der Waals surface area (Å²) in [7, 11) is 1.35. The van der Waals surface area contributed by atoms with Crippen molar-refractivity contribution >= 4 is 39.1 Å². The van der Waals surface area contributed by atoms with Crippen LogP contribution in [0.5, 0.6) is 0 Å². The zero-order valence-corrected chi connectivity index (χ0v) is 18.2. The molecule has 4 rings (SSSR count). The van der Waals surface area contributed by atoms with E-state index in [0.29, 0.717) is 21.9 Å². The molecule has 1 atom stereocenters. The first-order chi connectivity index (χ1) is 14.6. The highest BCUT2D eigenvalue weighted by atomic mass is 32.1. The number of rotatable bonds is 6. The number of nitrogens with zero attached hydrogens (tertiary/aromatic N) is 2. The number of aromatic nitrogens is 1. The molecule has 1 aliphatic heterocycles. The SMILES string of the molecule is COC(=O)c1sc2nc(CN3CCC[C@H]3CO)ccc2c1NC(=O)C1CCCCC1. The summed E-state index contributed by atoms with van der Waals surface area (Å²) >= 11 is 1.26. The lowest BCUT2D eigenvalue weighted by Gasteiger charge is -2.22. The Hall–Kier alpha value is -2.03. The van der Waals surface area contributed by atoms with Crippen LogP contribution in [-0.2, 0) is 16.1 Å². The number of fused-ring (bicyclic) bond motifs is 1. The number of hydrogen-bond donors (Lipinski definition) is 2. The molecular weight excluding hydrogens is 402 g/mol. The first-order valence-corrected chi connectivity index (χ1v) is 11.6. The maximum absolute atomic E-state index is 12.8. The van der Waals surface area contributed by atoms with Crippen LogP contribution in [0.1, 0.15) is 60.3 Å². The van der Waals surface area contributed by atoms with Crippen LogP contribution in [0.3, 0.4) is 0 Å². The number of thiophene rings is 1. The Morgan fingerprint density at radius 2 is 2.03 bits per heavy atom. The van der Waals surface area contributed by atoms with Gasteiger partial charge >= 0.3 is 5.97 Å². The fraction of sp³-hybridized carbons (Fsp3) is 0.591. The number of carbonyl (C=O) groups is 2. The molecule has 0 spiro atoms. The molecule has 8 heteroatoms. The van der Waals surface area contributed by atoms with Gasteiger partial charge in [-0.25, -0.2) is 9.78 Å². The minimum atomic E-state index is -0.460. The van der Waals surface area contributed by atoms with Crippen molar-refractivity contribution in [2.45, 2.75) is 57.5 Å². The molecule has 0 bridgehead atoms. The number of pyridine rings is 1. The van der Waals surface area contributed by atoms with E-state index in [4.69, 9.17) is 9.72 Å². The van der Waals surface area contributed by atoms with Crippen LogP contribution in [0.25, 0.3) is 10.2 Å². The van der Waals surface area contributed by atoms with Gasteiger partial charge in [0.05, 0.1) is 25.1 Å². The number of aliphatic hydroxyl groups excluding tert-OH is 1. The summed E-state index contributed by atoms with van der Waals surface area (Å²) in [6.07, 6.45) is 7.19. The largest absolute Gasteiger partial charge is 0.465 e. The van der Waals surface area contributed by atoms with E-state index >= 15 is 0 Å². The number of aliphatic hydroxyl groups is 1. The first kappa shape index (κ1) is 21.2. The van der Waals surface area contributed by atoms with Gasteiger partial charge in [0.15, 0.2) is 0 Å². The average molecular weight is 432 g/mol. The Morgan fingerprint density at radius 3 is 2.77 bits per heavy atom. The second-order valence-corrected chi connectivity index (χ2v) is 9.23. The maximum Gasteiger partial charge on any atom is 0.350 e. The van der Waals surface area contributed by atoms with Gasteiger partial charge in [0.1, 0.15) is 9.71 Å². The Labute approximate surface area is 180 Å². The molecule has 1 saturated carbocycles. The number of nitrogens with one attached hydrogen (secondary N) is 1. The number of carbonyl (C=O) groups excluding carboxylic acids is 2. The molecule has 7 nitrogen and oxygen atoms in total. The zero-order valence-electron chi connectivity index (χ0n) is 17.4. The van der Waals surface area contributed by atoms with E-state index in [1.54, 1.807) is 0 Å². The lowest BCUT2D eigenvalue weighted by Crippen LogP contribution is -2.31. The number of hydrogen-bond acceptors (Lipinski definition) is 7. The predicted molar refractivity (Wildman–Crippen MR) is 117 cm³/mol. The van der Waals surface area contributed by atoms with Gasteiger partial charge in [0.2, 0.25) is 5.91 Å². The normalized spacial score (nSPS) is 20.5. The standard InChI is InChI=1S/C22H29N3O4S/c1-29-22(28)19-18(24-20(27)14-6-3-2-4-7-14)17-10-9-15(23-21(17)30-19)12-25-11-5-8-16(25)13-26/h9-10,14,16,26H,2-8,11-13H2,1H3,(H,24,27)/t16-/m0/s1. The van der Waals surface area contributed by atoms with E-state index in [-0.39, 0.29) is 24.5 Å². The quantitative estimate of drug-likeness (QED) is 0.680. The molecule has 2 aliphatic rings.